The lowest BCUT2D eigenvalue weighted by molar-refractivity contribution is 0.287. The Balaban J connectivity index is 1.95. The van der Waals surface area contributed by atoms with Crippen molar-refractivity contribution in [1.82, 2.24) is 10.2 Å². The first-order chi connectivity index (χ1) is 9.61. The summed E-state index contributed by atoms with van der Waals surface area (Å²) in [6.45, 7) is 6.26. The van der Waals surface area contributed by atoms with E-state index in [-0.39, 0.29) is 0 Å². The molecule has 1 saturated heterocycles. The highest BCUT2D eigenvalue weighted by Gasteiger charge is 2.21. The Bertz CT molecular complexity index is 514. The van der Waals surface area contributed by atoms with Crippen LogP contribution in [0.2, 0.25) is 0 Å². The predicted octanol–water partition coefficient (Wildman–Crippen LogP) is 1.07. The first kappa shape index (κ1) is 15.5. The van der Waals surface area contributed by atoms with Crippen molar-refractivity contribution in [2.24, 2.45) is 0 Å². The van der Waals surface area contributed by atoms with Gasteiger partial charge < -0.3 is 5.32 Å². The quantitative estimate of drug-likeness (QED) is 0.798. The molecule has 112 valence electrons. The Morgan fingerprint density at radius 3 is 2.45 bits per heavy atom. The van der Waals surface area contributed by atoms with Crippen LogP contribution >= 0.6 is 0 Å². The number of hydrogen-bond acceptors (Lipinski definition) is 4. The lowest BCUT2D eigenvalue weighted by Gasteiger charge is -2.27. The van der Waals surface area contributed by atoms with Crippen LogP contribution in [-0.4, -0.2) is 51.0 Å². The summed E-state index contributed by atoms with van der Waals surface area (Å²) in [7, 11) is -2.79. The number of rotatable bonds is 6. The van der Waals surface area contributed by atoms with Crippen LogP contribution in [-0.2, 0) is 22.8 Å². The van der Waals surface area contributed by atoms with E-state index in [2.05, 4.69) is 41.4 Å². The van der Waals surface area contributed by atoms with E-state index in [1.165, 1.54) is 11.1 Å². The van der Waals surface area contributed by atoms with Gasteiger partial charge in [-0.05, 0) is 30.6 Å². The third kappa shape index (κ3) is 4.58. The maximum absolute atomic E-state index is 11.5. The van der Waals surface area contributed by atoms with Gasteiger partial charge in [0.15, 0.2) is 9.84 Å². The summed E-state index contributed by atoms with van der Waals surface area (Å²) in [5, 5.41) is 3.35. The van der Waals surface area contributed by atoms with Gasteiger partial charge in [-0.1, -0.05) is 31.2 Å². The van der Waals surface area contributed by atoms with Crippen LogP contribution in [0.5, 0.6) is 0 Å². The number of nitrogens with zero attached hydrogens (tertiary/aromatic N) is 1. The van der Waals surface area contributed by atoms with Crippen molar-refractivity contribution in [3.8, 4) is 0 Å². The highest BCUT2D eigenvalue weighted by molar-refractivity contribution is 7.91. The van der Waals surface area contributed by atoms with Crippen LogP contribution in [0.15, 0.2) is 24.3 Å². The van der Waals surface area contributed by atoms with E-state index >= 15 is 0 Å². The zero-order valence-electron chi connectivity index (χ0n) is 12.1. The number of likely N-dealkylation sites (N-methyl/N-ethyl adjacent to an activating group) is 1. The van der Waals surface area contributed by atoms with E-state index in [1.807, 2.05) is 0 Å². The van der Waals surface area contributed by atoms with Crippen molar-refractivity contribution in [2.75, 3.05) is 37.7 Å². The minimum absolute atomic E-state index is 0.298. The monoisotopic (exact) mass is 296 g/mol. The van der Waals surface area contributed by atoms with Crippen LogP contribution in [0, 0.1) is 0 Å². The molecule has 1 N–H and O–H groups in total. The van der Waals surface area contributed by atoms with Crippen molar-refractivity contribution in [3.05, 3.63) is 35.4 Å². The molecule has 5 heteroatoms. The third-order valence-electron chi connectivity index (χ3n) is 3.77. The second kappa shape index (κ2) is 7.20. The van der Waals surface area contributed by atoms with Gasteiger partial charge in [-0.2, -0.15) is 0 Å². The van der Waals surface area contributed by atoms with E-state index in [0.717, 1.165) is 26.1 Å². The van der Waals surface area contributed by atoms with Crippen molar-refractivity contribution in [3.63, 3.8) is 0 Å². The normalized spacial score (nSPS) is 19.1. The van der Waals surface area contributed by atoms with Crippen molar-refractivity contribution in [1.29, 1.82) is 0 Å². The van der Waals surface area contributed by atoms with E-state index in [1.54, 1.807) is 0 Å². The second-order valence-corrected chi connectivity index (χ2v) is 7.60. The molecule has 20 heavy (non-hydrogen) atoms. The van der Waals surface area contributed by atoms with Gasteiger partial charge in [0.05, 0.1) is 11.5 Å². The molecule has 1 aromatic rings. The third-order valence-corrected chi connectivity index (χ3v) is 5.38. The zero-order valence-corrected chi connectivity index (χ0v) is 13.0. The Morgan fingerprint density at radius 2 is 1.80 bits per heavy atom. The van der Waals surface area contributed by atoms with Crippen LogP contribution in [0.1, 0.15) is 18.1 Å². The molecular formula is C15H24N2O2S. The SMILES string of the molecule is CCNCCc1ccccc1CN1CCS(=O)(=O)CC1. The molecule has 0 aliphatic carbocycles. The van der Waals surface area contributed by atoms with E-state index in [9.17, 15) is 8.42 Å². The van der Waals surface area contributed by atoms with Gasteiger partial charge in [0.2, 0.25) is 0 Å². The maximum atomic E-state index is 11.5. The topological polar surface area (TPSA) is 49.4 Å². The van der Waals surface area contributed by atoms with Gasteiger partial charge in [0.1, 0.15) is 0 Å². The van der Waals surface area contributed by atoms with E-state index < -0.39 is 9.84 Å². The average Bonchev–Trinajstić information content (AvgIpc) is 2.43. The highest BCUT2D eigenvalue weighted by atomic mass is 32.2. The molecule has 1 aliphatic rings. The predicted molar refractivity (Wildman–Crippen MR) is 82.6 cm³/mol. The standard InChI is InChI=1S/C15H24N2O2S/c1-2-16-8-7-14-5-3-4-6-15(14)13-17-9-11-20(18,19)12-10-17/h3-6,16H,2,7-13H2,1H3. The van der Waals surface area contributed by atoms with Crippen molar-refractivity contribution < 1.29 is 8.42 Å². The summed E-state index contributed by atoms with van der Waals surface area (Å²) >= 11 is 0. The summed E-state index contributed by atoms with van der Waals surface area (Å²) in [6.07, 6.45) is 1.02. The molecule has 0 aromatic heterocycles. The molecule has 0 atom stereocenters. The Hall–Kier alpha value is -0.910. The number of nitrogens with one attached hydrogen (secondary N) is 1. The van der Waals surface area contributed by atoms with E-state index in [4.69, 9.17) is 0 Å². The molecule has 4 nitrogen and oxygen atoms in total. The Kier molecular flexibility index (Phi) is 5.57. The number of hydrogen-bond donors (Lipinski definition) is 1. The first-order valence-corrected chi connectivity index (χ1v) is 9.13. The van der Waals surface area contributed by atoms with Crippen LogP contribution in [0.3, 0.4) is 0 Å². The summed E-state index contributed by atoms with van der Waals surface area (Å²) in [5.41, 5.74) is 2.69. The second-order valence-electron chi connectivity index (χ2n) is 5.30. The molecule has 0 spiro atoms. The molecule has 0 bridgehead atoms. The van der Waals surface area contributed by atoms with E-state index in [0.29, 0.717) is 24.6 Å². The molecule has 1 aliphatic heterocycles. The Labute approximate surface area is 122 Å². The number of benzene rings is 1. The molecule has 1 fully saturated rings. The fourth-order valence-electron chi connectivity index (χ4n) is 2.50. The molecule has 1 heterocycles. The van der Waals surface area contributed by atoms with Gasteiger partial charge in [-0.3, -0.25) is 4.90 Å². The van der Waals surface area contributed by atoms with Crippen LogP contribution in [0.25, 0.3) is 0 Å². The van der Waals surface area contributed by atoms with Crippen LogP contribution < -0.4 is 5.32 Å². The minimum atomic E-state index is -2.79. The number of sulfone groups is 1. The van der Waals surface area contributed by atoms with Gasteiger partial charge in [0.25, 0.3) is 0 Å². The fraction of sp³-hybridized carbons (Fsp3) is 0.600. The van der Waals surface area contributed by atoms with Gasteiger partial charge in [-0.15, -0.1) is 0 Å². The van der Waals surface area contributed by atoms with Crippen molar-refractivity contribution >= 4 is 9.84 Å². The highest BCUT2D eigenvalue weighted by Crippen LogP contribution is 2.14. The molecule has 0 saturated carbocycles. The van der Waals surface area contributed by atoms with Crippen molar-refractivity contribution in [2.45, 2.75) is 19.9 Å². The van der Waals surface area contributed by atoms with Gasteiger partial charge in [-0.25, -0.2) is 8.42 Å². The molecule has 0 unspecified atom stereocenters. The summed E-state index contributed by atoms with van der Waals surface area (Å²) in [5.74, 6) is 0.596. The molecule has 0 amide bonds. The minimum Gasteiger partial charge on any atom is -0.317 e. The smallest absolute Gasteiger partial charge is 0.152 e. The Morgan fingerprint density at radius 1 is 1.15 bits per heavy atom. The summed E-state index contributed by atoms with van der Waals surface area (Å²) in [6, 6.07) is 8.47. The molecule has 2 rings (SSSR count). The van der Waals surface area contributed by atoms with Gasteiger partial charge in [0, 0.05) is 19.6 Å². The lowest BCUT2D eigenvalue weighted by atomic mass is 10.0. The lowest BCUT2D eigenvalue weighted by Crippen LogP contribution is -2.39. The fourth-order valence-corrected chi connectivity index (χ4v) is 3.78. The molecule has 0 radical (unpaired) electrons. The summed E-state index contributed by atoms with van der Waals surface area (Å²) < 4.78 is 22.9. The molecule has 1 aromatic carbocycles. The largest absolute Gasteiger partial charge is 0.317 e. The van der Waals surface area contributed by atoms with Crippen LogP contribution in [0.4, 0.5) is 0 Å². The average molecular weight is 296 g/mol. The first-order valence-electron chi connectivity index (χ1n) is 7.31. The molecular weight excluding hydrogens is 272 g/mol. The van der Waals surface area contributed by atoms with Gasteiger partial charge >= 0.3 is 0 Å². The zero-order chi connectivity index (χ0) is 14.4. The summed E-state index contributed by atoms with van der Waals surface area (Å²) in [4.78, 5) is 2.24. The maximum Gasteiger partial charge on any atom is 0.152 e.